The smallest absolute Gasteiger partial charge is 0.254 e. The van der Waals surface area contributed by atoms with Crippen LogP contribution in [0.25, 0.3) is 11.1 Å². The van der Waals surface area contributed by atoms with Crippen LogP contribution >= 0.6 is 0 Å². The first-order valence-corrected chi connectivity index (χ1v) is 9.61. The molecule has 2 aromatic heterocycles. The molecular weight excluding hydrogens is 386 g/mol. The molecule has 3 amide bonds. The third-order valence-electron chi connectivity index (χ3n) is 6.27. The lowest BCUT2D eigenvalue weighted by atomic mass is 9.75. The van der Waals surface area contributed by atoms with Gasteiger partial charge in [-0.3, -0.25) is 24.3 Å². The third-order valence-corrected chi connectivity index (χ3v) is 6.27. The van der Waals surface area contributed by atoms with Gasteiger partial charge in [0.1, 0.15) is 22.4 Å². The topological polar surface area (TPSA) is 104 Å². The van der Waals surface area contributed by atoms with Gasteiger partial charge in [-0.2, -0.15) is 0 Å². The zero-order chi connectivity index (χ0) is 21.2. The summed E-state index contributed by atoms with van der Waals surface area (Å²) in [5.74, 6) is -1.43. The van der Waals surface area contributed by atoms with Crippen LogP contribution in [0.1, 0.15) is 28.6 Å². The van der Waals surface area contributed by atoms with Gasteiger partial charge in [-0.15, -0.1) is 0 Å². The summed E-state index contributed by atoms with van der Waals surface area (Å²) < 4.78 is 5.99. The second kappa shape index (κ2) is 6.16. The van der Waals surface area contributed by atoms with Gasteiger partial charge in [0.05, 0.1) is 5.92 Å². The number of hydrogen-bond acceptors (Lipinski definition) is 6. The minimum Gasteiger partial charge on any atom is -0.508 e. The van der Waals surface area contributed by atoms with Crippen molar-refractivity contribution in [2.24, 2.45) is 5.92 Å². The molecule has 1 saturated heterocycles. The van der Waals surface area contributed by atoms with Crippen molar-refractivity contribution in [2.75, 3.05) is 13.6 Å². The number of hydrogen-bond donors (Lipinski definition) is 1. The molecule has 0 radical (unpaired) electrons. The Bertz CT molecular complexity index is 1200. The average molecular weight is 405 g/mol. The van der Waals surface area contributed by atoms with Crippen molar-refractivity contribution in [3.63, 3.8) is 0 Å². The number of fused-ring (bicyclic) bond motifs is 2. The van der Waals surface area contributed by atoms with Crippen molar-refractivity contribution in [1.29, 1.82) is 0 Å². The number of phenolic OH excluding ortho intramolecular Hbond substituents is 1. The molecule has 4 heterocycles. The first-order chi connectivity index (χ1) is 14.3. The van der Waals surface area contributed by atoms with Crippen molar-refractivity contribution in [3.8, 4) is 5.75 Å². The van der Waals surface area contributed by atoms with Gasteiger partial charge < -0.3 is 14.4 Å². The first kappa shape index (κ1) is 18.4. The lowest BCUT2D eigenvalue weighted by Crippen LogP contribution is -2.49. The molecule has 2 aliphatic heterocycles. The molecule has 2 unspecified atom stereocenters. The molecule has 1 aromatic carbocycles. The minimum atomic E-state index is -1.35. The molecule has 152 valence electrons. The van der Waals surface area contributed by atoms with Gasteiger partial charge in [0, 0.05) is 38.0 Å². The van der Waals surface area contributed by atoms with E-state index in [1.165, 1.54) is 24.1 Å². The largest absolute Gasteiger partial charge is 0.508 e. The Morgan fingerprint density at radius 2 is 2.03 bits per heavy atom. The standard InChI is InChI=1S/C22H19N3O5/c1-12-19(27)24(2)21(29)22(12,18-9-16-17(30-18)4-3-7-23-16)11-25-10-13-5-6-14(26)8-15(13)20(25)28/h3-9,12,26H,10-11H2,1-2H3. The van der Waals surface area contributed by atoms with E-state index in [9.17, 15) is 19.5 Å². The summed E-state index contributed by atoms with van der Waals surface area (Å²) in [7, 11) is 1.45. The number of phenols is 1. The van der Waals surface area contributed by atoms with Crippen LogP contribution in [0.2, 0.25) is 0 Å². The van der Waals surface area contributed by atoms with Gasteiger partial charge in [0.25, 0.3) is 5.91 Å². The number of benzene rings is 1. The molecule has 1 N–H and O–H groups in total. The molecule has 0 saturated carbocycles. The molecule has 8 heteroatoms. The highest BCUT2D eigenvalue weighted by Gasteiger charge is 2.60. The highest BCUT2D eigenvalue weighted by Crippen LogP contribution is 2.44. The van der Waals surface area contributed by atoms with Crippen LogP contribution in [0.4, 0.5) is 0 Å². The van der Waals surface area contributed by atoms with Gasteiger partial charge in [-0.1, -0.05) is 13.0 Å². The zero-order valence-corrected chi connectivity index (χ0v) is 16.5. The summed E-state index contributed by atoms with van der Waals surface area (Å²) in [5, 5.41) is 9.75. The number of carbonyl (C=O) groups excluding carboxylic acids is 3. The highest BCUT2D eigenvalue weighted by molar-refractivity contribution is 6.11. The van der Waals surface area contributed by atoms with E-state index in [0.29, 0.717) is 22.4 Å². The normalized spacial score (nSPS) is 23.7. The number of aromatic nitrogens is 1. The first-order valence-electron chi connectivity index (χ1n) is 9.61. The maximum atomic E-state index is 13.4. The molecule has 1 fully saturated rings. The molecule has 2 atom stereocenters. The number of amides is 3. The van der Waals surface area contributed by atoms with E-state index in [4.69, 9.17) is 4.42 Å². The number of pyridine rings is 1. The molecule has 30 heavy (non-hydrogen) atoms. The van der Waals surface area contributed by atoms with E-state index in [2.05, 4.69) is 4.98 Å². The van der Waals surface area contributed by atoms with E-state index in [1.54, 1.807) is 37.4 Å². The summed E-state index contributed by atoms with van der Waals surface area (Å²) in [4.78, 5) is 46.1. The lowest BCUT2D eigenvalue weighted by molar-refractivity contribution is -0.138. The summed E-state index contributed by atoms with van der Waals surface area (Å²) >= 11 is 0. The Kier molecular flexibility index (Phi) is 3.77. The number of carbonyl (C=O) groups is 3. The summed E-state index contributed by atoms with van der Waals surface area (Å²) in [5.41, 5.74) is 0.891. The Labute approximate surface area is 171 Å². The fraction of sp³-hybridized carbons (Fsp3) is 0.273. The molecular formula is C22H19N3O5. The van der Waals surface area contributed by atoms with Crippen LogP contribution in [0.3, 0.4) is 0 Å². The van der Waals surface area contributed by atoms with Crippen LogP contribution in [-0.4, -0.2) is 51.2 Å². The molecule has 0 spiro atoms. The highest BCUT2D eigenvalue weighted by atomic mass is 16.3. The van der Waals surface area contributed by atoms with Crippen LogP contribution < -0.4 is 0 Å². The monoisotopic (exact) mass is 405 g/mol. The van der Waals surface area contributed by atoms with Gasteiger partial charge in [-0.05, 0) is 29.8 Å². The Morgan fingerprint density at radius 1 is 1.23 bits per heavy atom. The number of likely N-dealkylation sites (tertiary alicyclic amines) is 1. The molecule has 2 aliphatic rings. The number of furan rings is 1. The van der Waals surface area contributed by atoms with Gasteiger partial charge in [0.2, 0.25) is 11.8 Å². The quantitative estimate of drug-likeness (QED) is 0.669. The predicted octanol–water partition coefficient (Wildman–Crippen LogP) is 2.06. The van der Waals surface area contributed by atoms with E-state index in [0.717, 1.165) is 10.5 Å². The summed E-state index contributed by atoms with van der Waals surface area (Å²) in [6.07, 6.45) is 1.62. The molecule has 0 aliphatic carbocycles. The van der Waals surface area contributed by atoms with E-state index >= 15 is 0 Å². The van der Waals surface area contributed by atoms with E-state index in [1.807, 2.05) is 0 Å². The molecule has 0 bridgehead atoms. The lowest BCUT2D eigenvalue weighted by Gasteiger charge is -2.32. The van der Waals surface area contributed by atoms with Gasteiger partial charge in [-0.25, -0.2) is 0 Å². The maximum Gasteiger partial charge on any atom is 0.254 e. The second-order valence-electron chi connectivity index (χ2n) is 7.90. The van der Waals surface area contributed by atoms with Crippen molar-refractivity contribution in [1.82, 2.24) is 14.8 Å². The van der Waals surface area contributed by atoms with Gasteiger partial charge >= 0.3 is 0 Å². The van der Waals surface area contributed by atoms with Crippen LogP contribution in [-0.2, 0) is 21.5 Å². The Hall–Kier alpha value is -3.68. The summed E-state index contributed by atoms with van der Waals surface area (Å²) in [6.45, 7) is 1.95. The third kappa shape index (κ3) is 2.33. The number of rotatable bonds is 3. The fourth-order valence-electron chi connectivity index (χ4n) is 4.55. The Morgan fingerprint density at radius 3 is 2.73 bits per heavy atom. The molecule has 3 aromatic rings. The zero-order valence-electron chi connectivity index (χ0n) is 16.5. The Balaban J connectivity index is 1.62. The number of likely N-dealkylation sites (N-methyl/N-ethyl adjacent to an activating group) is 1. The van der Waals surface area contributed by atoms with Gasteiger partial charge in [0.15, 0.2) is 5.58 Å². The van der Waals surface area contributed by atoms with Crippen LogP contribution in [0.5, 0.6) is 5.75 Å². The number of nitrogens with zero attached hydrogens (tertiary/aromatic N) is 3. The van der Waals surface area contributed by atoms with Crippen molar-refractivity contribution >= 4 is 28.8 Å². The minimum absolute atomic E-state index is 0.00208. The number of aromatic hydroxyl groups is 1. The summed E-state index contributed by atoms with van der Waals surface area (Å²) in [6, 6.07) is 9.79. The predicted molar refractivity (Wildman–Crippen MR) is 105 cm³/mol. The van der Waals surface area contributed by atoms with E-state index in [-0.39, 0.29) is 30.7 Å². The van der Waals surface area contributed by atoms with Crippen molar-refractivity contribution in [2.45, 2.75) is 18.9 Å². The fourth-order valence-corrected chi connectivity index (χ4v) is 4.55. The average Bonchev–Trinajstić information content (AvgIpc) is 3.35. The number of imide groups is 1. The van der Waals surface area contributed by atoms with Crippen LogP contribution in [0.15, 0.2) is 47.0 Å². The van der Waals surface area contributed by atoms with E-state index < -0.39 is 17.2 Å². The van der Waals surface area contributed by atoms with Crippen LogP contribution in [0, 0.1) is 5.92 Å². The second-order valence-corrected chi connectivity index (χ2v) is 7.90. The van der Waals surface area contributed by atoms with Crippen molar-refractivity contribution in [3.05, 3.63) is 59.5 Å². The SMILES string of the molecule is CC1C(=O)N(C)C(=O)C1(CN1Cc2ccc(O)cc2C1=O)c1cc2ncccc2o1. The maximum absolute atomic E-state index is 13.4. The molecule has 5 rings (SSSR count). The van der Waals surface area contributed by atoms with Crippen molar-refractivity contribution < 1.29 is 23.9 Å². The molecule has 8 nitrogen and oxygen atoms in total.